The number of carbonyl (C=O) groups is 1. The molecule has 0 atom stereocenters. The van der Waals surface area contributed by atoms with Crippen LogP contribution < -0.4 is 4.74 Å². The van der Waals surface area contributed by atoms with E-state index < -0.39 is 0 Å². The molecular formula is C11H13NO2. The Hall–Kier alpha value is -1.38. The highest BCUT2D eigenvalue weighted by Gasteiger charge is 2.22. The standard InChI is InChI=1S/C11H13NO2/c1-8-4-10(6-13)12-5-11(8)14-7-9-2-3-9/h4-6,9H,2-3,7H2,1H3. The zero-order valence-electron chi connectivity index (χ0n) is 8.19. The fourth-order valence-electron chi connectivity index (χ4n) is 1.27. The summed E-state index contributed by atoms with van der Waals surface area (Å²) in [4.78, 5) is 14.4. The van der Waals surface area contributed by atoms with Crippen molar-refractivity contribution in [3.63, 3.8) is 0 Å². The van der Waals surface area contributed by atoms with Gasteiger partial charge in [0.15, 0.2) is 6.29 Å². The Morgan fingerprint density at radius 1 is 1.64 bits per heavy atom. The first-order valence-electron chi connectivity index (χ1n) is 4.84. The molecule has 0 N–H and O–H groups in total. The van der Waals surface area contributed by atoms with Crippen molar-refractivity contribution in [2.24, 2.45) is 5.92 Å². The molecule has 0 saturated heterocycles. The predicted octanol–water partition coefficient (Wildman–Crippen LogP) is 1.99. The van der Waals surface area contributed by atoms with E-state index in [0.717, 1.165) is 30.1 Å². The summed E-state index contributed by atoms with van der Waals surface area (Å²) in [5.41, 5.74) is 1.43. The van der Waals surface area contributed by atoms with Gasteiger partial charge in [-0.1, -0.05) is 0 Å². The molecule has 0 spiro atoms. The molecule has 1 aliphatic carbocycles. The molecular weight excluding hydrogens is 178 g/mol. The van der Waals surface area contributed by atoms with Crippen molar-refractivity contribution in [3.8, 4) is 5.75 Å². The van der Waals surface area contributed by atoms with Crippen LogP contribution in [0.4, 0.5) is 0 Å². The lowest BCUT2D eigenvalue weighted by atomic mass is 10.2. The van der Waals surface area contributed by atoms with Gasteiger partial charge in [0, 0.05) is 0 Å². The van der Waals surface area contributed by atoms with E-state index in [4.69, 9.17) is 4.74 Å². The molecule has 14 heavy (non-hydrogen) atoms. The number of aromatic nitrogens is 1. The molecule has 0 amide bonds. The van der Waals surface area contributed by atoms with E-state index in [1.807, 2.05) is 6.92 Å². The molecule has 1 aromatic heterocycles. The minimum absolute atomic E-state index is 0.460. The number of carbonyl (C=O) groups excluding carboxylic acids is 1. The summed E-state index contributed by atoms with van der Waals surface area (Å²) < 4.78 is 5.58. The van der Waals surface area contributed by atoms with Gasteiger partial charge in [0.25, 0.3) is 0 Å². The van der Waals surface area contributed by atoms with Crippen molar-refractivity contribution >= 4 is 6.29 Å². The summed E-state index contributed by atoms with van der Waals surface area (Å²) >= 11 is 0. The van der Waals surface area contributed by atoms with Crippen LogP contribution in [0.5, 0.6) is 5.75 Å². The van der Waals surface area contributed by atoms with Gasteiger partial charge >= 0.3 is 0 Å². The first-order chi connectivity index (χ1) is 6.79. The molecule has 74 valence electrons. The van der Waals surface area contributed by atoms with Crippen molar-refractivity contribution in [3.05, 3.63) is 23.5 Å². The normalized spacial score (nSPS) is 15.2. The van der Waals surface area contributed by atoms with Gasteiger partial charge in [-0.15, -0.1) is 0 Å². The fourth-order valence-corrected chi connectivity index (χ4v) is 1.27. The van der Waals surface area contributed by atoms with E-state index in [-0.39, 0.29) is 0 Å². The summed E-state index contributed by atoms with van der Waals surface area (Å²) in [7, 11) is 0. The number of aryl methyl sites for hydroxylation is 1. The van der Waals surface area contributed by atoms with Crippen molar-refractivity contribution in [2.75, 3.05) is 6.61 Å². The summed E-state index contributed by atoms with van der Waals surface area (Å²) in [5, 5.41) is 0. The highest BCUT2D eigenvalue weighted by Crippen LogP contribution is 2.30. The van der Waals surface area contributed by atoms with Crippen LogP contribution in [-0.2, 0) is 0 Å². The Morgan fingerprint density at radius 3 is 3.00 bits per heavy atom. The van der Waals surface area contributed by atoms with E-state index in [9.17, 15) is 4.79 Å². The lowest BCUT2D eigenvalue weighted by molar-refractivity contribution is 0.111. The van der Waals surface area contributed by atoms with E-state index >= 15 is 0 Å². The van der Waals surface area contributed by atoms with Gasteiger partial charge in [-0.25, -0.2) is 4.98 Å². The molecule has 0 radical (unpaired) electrons. The smallest absolute Gasteiger partial charge is 0.168 e. The molecule has 1 aliphatic rings. The molecule has 3 heteroatoms. The maximum Gasteiger partial charge on any atom is 0.168 e. The molecule has 0 bridgehead atoms. The Labute approximate surface area is 83.1 Å². The largest absolute Gasteiger partial charge is 0.491 e. The molecule has 3 nitrogen and oxygen atoms in total. The summed E-state index contributed by atoms with van der Waals surface area (Å²) in [6, 6.07) is 1.75. The molecule has 1 saturated carbocycles. The van der Waals surface area contributed by atoms with Gasteiger partial charge < -0.3 is 4.74 Å². The highest BCUT2D eigenvalue weighted by atomic mass is 16.5. The van der Waals surface area contributed by atoms with Crippen LogP contribution in [0.1, 0.15) is 28.9 Å². The third-order valence-corrected chi connectivity index (χ3v) is 2.38. The Morgan fingerprint density at radius 2 is 2.43 bits per heavy atom. The summed E-state index contributed by atoms with van der Waals surface area (Å²) in [6.07, 6.45) is 4.93. The van der Waals surface area contributed by atoms with Gasteiger partial charge in [0.05, 0.1) is 12.8 Å². The Kier molecular flexibility index (Phi) is 2.48. The third-order valence-electron chi connectivity index (χ3n) is 2.38. The monoisotopic (exact) mass is 191 g/mol. The zero-order chi connectivity index (χ0) is 9.97. The molecule has 0 aromatic carbocycles. The second kappa shape index (κ2) is 3.78. The van der Waals surface area contributed by atoms with Crippen molar-refractivity contribution in [2.45, 2.75) is 19.8 Å². The average molecular weight is 191 g/mol. The number of nitrogens with zero attached hydrogens (tertiary/aromatic N) is 1. The van der Waals surface area contributed by atoms with E-state index in [2.05, 4.69) is 4.98 Å². The number of aldehydes is 1. The molecule has 1 aromatic rings. The first-order valence-corrected chi connectivity index (χ1v) is 4.84. The first kappa shape index (κ1) is 9.19. The zero-order valence-corrected chi connectivity index (χ0v) is 8.19. The van der Waals surface area contributed by atoms with Crippen molar-refractivity contribution < 1.29 is 9.53 Å². The fraction of sp³-hybridized carbons (Fsp3) is 0.455. The minimum atomic E-state index is 0.460. The number of rotatable bonds is 4. The van der Waals surface area contributed by atoms with Crippen molar-refractivity contribution in [1.82, 2.24) is 4.98 Å². The SMILES string of the molecule is Cc1cc(C=O)ncc1OCC1CC1. The lowest BCUT2D eigenvalue weighted by Crippen LogP contribution is -2.01. The van der Waals surface area contributed by atoms with Crippen LogP contribution >= 0.6 is 0 Å². The van der Waals surface area contributed by atoms with Gasteiger partial charge in [-0.05, 0) is 37.3 Å². The predicted molar refractivity (Wildman–Crippen MR) is 52.6 cm³/mol. The summed E-state index contributed by atoms with van der Waals surface area (Å²) in [5.74, 6) is 1.53. The van der Waals surface area contributed by atoms with Gasteiger partial charge in [-0.2, -0.15) is 0 Å². The number of hydrogen-bond donors (Lipinski definition) is 0. The Bertz CT molecular complexity index is 345. The number of ether oxygens (including phenoxy) is 1. The third kappa shape index (κ3) is 2.10. The average Bonchev–Trinajstić information content (AvgIpc) is 2.99. The number of pyridine rings is 1. The van der Waals surface area contributed by atoms with Crippen molar-refractivity contribution in [1.29, 1.82) is 0 Å². The van der Waals surface area contributed by atoms with E-state index in [0.29, 0.717) is 5.69 Å². The van der Waals surface area contributed by atoms with Crippen LogP contribution in [-0.4, -0.2) is 17.9 Å². The quantitative estimate of drug-likeness (QED) is 0.683. The maximum atomic E-state index is 10.4. The van der Waals surface area contributed by atoms with Crippen LogP contribution in [0.3, 0.4) is 0 Å². The minimum Gasteiger partial charge on any atom is -0.491 e. The molecule has 2 rings (SSSR count). The maximum absolute atomic E-state index is 10.4. The van der Waals surface area contributed by atoms with Gasteiger partial charge in [-0.3, -0.25) is 4.79 Å². The Balaban J connectivity index is 2.04. The van der Waals surface area contributed by atoms with Crippen LogP contribution in [0.2, 0.25) is 0 Å². The second-order valence-electron chi connectivity index (χ2n) is 3.75. The highest BCUT2D eigenvalue weighted by molar-refractivity contribution is 5.72. The van der Waals surface area contributed by atoms with Crippen LogP contribution in [0.25, 0.3) is 0 Å². The molecule has 1 heterocycles. The second-order valence-corrected chi connectivity index (χ2v) is 3.75. The summed E-state index contributed by atoms with van der Waals surface area (Å²) in [6.45, 7) is 2.71. The lowest BCUT2D eigenvalue weighted by Gasteiger charge is -2.07. The van der Waals surface area contributed by atoms with Crippen LogP contribution in [0.15, 0.2) is 12.3 Å². The molecule has 1 fully saturated rings. The topological polar surface area (TPSA) is 39.2 Å². The van der Waals surface area contributed by atoms with Gasteiger partial charge in [0.1, 0.15) is 11.4 Å². The van der Waals surface area contributed by atoms with Gasteiger partial charge in [0.2, 0.25) is 0 Å². The molecule has 0 aliphatic heterocycles. The molecule has 0 unspecified atom stereocenters. The van der Waals surface area contributed by atoms with Crippen LogP contribution in [0, 0.1) is 12.8 Å². The number of hydrogen-bond acceptors (Lipinski definition) is 3. The van der Waals surface area contributed by atoms with E-state index in [1.165, 1.54) is 12.8 Å². The van der Waals surface area contributed by atoms with E-state index in [1.54, 1.807) is 12.3 Å².